The molecule has 1 atom stereocenters. The van der Waals surface area contributed by atoms with Gasteiger partial charge in [-0.25, -0.2) is 0 Å². The quantitative estimate of drug-likeness (QED) is 0.684. The molecular weight excluding hydrogens is 266 g/mol. The van der Waals surface area contributed by atoms with Gasteiger partial charge in [-0.3, -0.25) is 4.79 Å². The van der Waals surface area contributed by atoms with E-state index in [1.54, 1.807) is 18.2 Å². The van der Waals surface area contributed by atoms with Crippen molar-refractivity contribution in [1.82, 2.24) is 5.32 Å². The first-order valence-electron chi connectivity index (χ1n) is 7.72. The van der Waals surface area contributed by atoms with Crippen molar-refractivity contribution in [2.75, 3.05) is 7.11 Å². The van der Waals surface area contributed by atoms with Crippen LogP contribution in [0.4, 0.5) is 0 Å². The number of phenolic OH excluding ortho intramolecular Hbond substituents is 1. The number of rotatable bonds is 9. The molecule has 4 nitrogen and oxygen atoms in total. The summed E-state index contributed by atoms with van der Waals surface area (Å²) in [5.74, 6) is 0.658. The minimum absolute atomic E-state index is 0.0425. The first kappa shape index (κ1) is 17.3. The van der Waals surface area contributed by atoms with Gasteiger partial charge in [-0.1, -0.05) is 45.6 Å². The topological polar surface area (TPSA) is 58.6 Å². The van der Waals surface area contributed by atoms with Crippen LogP contribution in [0.25, 0.3) is 0 Å². The van der Waals surface area contributed by atoms with Crippen LogP contribution in [-0.2, 0) is 11.3 Å². The van der Waals surface area contributed by atoms with Crippen molar-refractivity contribution >= 4 is 5.91 Å². The molecule has 0 heterocycles. The van der Waals surface area contributed by atoms with Crippen LogP contribution >= 0.6 is 0 Å². The van der Waals surface area contributed by atoms with Crippen molar-refractivity contribution in [3.05, 3.63) is 23.8 Å². The van der Waals surface area contributed by atoms with Crippen molar-refractivity contribution in [1.29, 1.82) is 0 Å². The fourth-order valence-electron chi connectivity index (χ4n) is 2.20. The molecule has 0 radical (unpaired) electrons. The van der Waals surface area contributed by atoms with Crippen LogP contribution in [0.15, 0.2) is 18.2 Å². The molecule has 1 amide bonds. The number of carbonyl (C=O) groups is 1. The molecule has 0 bridgehead atoms. The second-order valence-corrected chi connectivity index (χ2v) is 5.47. The average molecular weight is 293 g/mol. The summed E-state index contributed by atoms with van der Waals surface area (Å²) in [4.78, 5) is 12.0. The van der Waals surface area contributed by atoms with E-state index in [1.807, 2.05) is 6.92 Å². The van der Waals surface area contributed by atoms with E-state index in [0.29, 0.717) is 12.3 Å². The van der Waals surface area contributed by atoms with Gasteiger partial charge in [0.25, 0.3) is 0 Å². The zero-order valence-corrected chi connectivity index (χ0v) is 13.3. The Morgan fingerprint density at radius 2 is 2.10 bits per heavy atom. The number of amides is 1. The summed E-state index contributed by atoms with van der Waals surface area (Å²) in [7, 11) is 1.51. The van der Waals surface area contributed by atoms with E-state index in [2.05, 4.69) is 12.2 Å². The predicted octanol–water partition coefficient (Wildman–Crippen LogP) is 3.62. The highest BCUT2D eigenvalue weighted by molar-refractivity contribution is 5.78. The summed E-state index contributed by atoms with van der Waals surface area (Å²) in [6.07, 6.45) is 5.69. The Morgan fingerprint density at radius 1 is 1.33 bits per heavy atom. The van der Waals surface area contributed by atoms with E-state index >= 15 is 0 Å². The molecule has 0 aliphatic heterocycles. The second kappa shape index (κ2) is 9.27. The lowest BCUT2D eigenvalue weighted by Gasteiger charge is -2.13. The van der Waals surface area contributed by atoms with E-state index in [1.165, 1.54) is 26.4 Å². The molecule has 0 saturated heterocycles. The minimum Gasteiger partial charge on any atom is -0.504 e. The van der Waals surface area contributed by atoms with E-state index < -0.39 is 0 Å². The van der Waals surface area contributed by atoms with Crippen molar-refractivity contribution < 1.29 is 14.6 Å². The maximum atomic E-state index is 12.0. The highest BCUT2D eigenvalue weighted by Crippen LogP contribution is 2.26. The van der Waals surface area contributed by atoms with Gasteiger partial charge >= 0.3 is 0 Å². The monoisotopic (exact) mass is 293 g/mol. The van der Waals surface area contributed by atoms with Gasteiger partial charge in [0.05, 0.1) is 7.11 Å². The number of benzene rings is 1. The molecule has 21 heavy (non-hydrogen) atoms. The summed E-state index contributed by atoms with van der Waals surface area (Å²) < 4.78 is 5.05. The first-order valence-corrected chi connectivity index (χ1v) is 7.72. The zero-order valence-electron chi connectivity index (χ0n) is 13.3. The number of methoxy groups -OCH3 is 1. The summed E-state index contributed by atoms with van der Waals surface area (Å²) >= 11 is 0. The lowest BCUT2D eigenvalue weighted by molar-refractivity contribution is -0.124. The van der Waals surface area contributed by atoms with Gasteiger partial charge in [-0.05, 0) is 24.1 Å². The first-order chi connectivity index (χ1) is 10.1. The largest absolute Gasteiger partial charge is 0.504 e. The Morgan fingerprint density at radius 3 is 2.76 bits per heavy atom. The van der Waals surface area contributed by atoms with E-state index in [4.69, 9.17) is 4.74 Å². The number of aromatic hydroxyl groups is 1. The van der Waals surface area contributed by atoms with Crippen LogP contribution in [0, 0.1) is 5.92 Å². The third-order valence-corrected chi connectivity index (χ3v) is 3.65. The predicted molar refractivity (Wildman–Crippen MR) is 84.4 cm³/mol. The van der Waals surface area contributed by atoms with E-state index in [0.717, 1.165) is 18.4 Å². The molecule has 1 rings (SSSR count). The van der Waals surface area contributed by atoms with Crippen LogP contribution in [0.3, 0.4) is 0 Å². The fourth-order valence-corrected chi connectivity index (χ4v) is 2.20. The third kappa shape index (κ3) is 6.06. The molecule has 0 saturated carbocycles. The van der Waals surface area contributed by atoms with Crippen molar-refractivity contribution in [3.63, 3.8) is 0 Å². The molecular formula is C17H27NO3. The van der Waals surface area contributed by atoms with E-state index in [9.17, 15) is 9.90 Å². The Kier molecular flexibility index (Phi) is 7.65. The normalized spacial score (nSPS) is 12.0. The number of carbonyl (C=O) groups excluding carboxylic acids is 1. The molecule has 1 aromatic carbocycles. The van der Waals surface area contributed by atoms with Gasteiger partial charge in [0.2, 0.25) is 5.91 Å². The molecule has 0 aliphatic rings. The highest BCUT2D eigenvalue weighted by atomic mass is 16.5. The van der Waals surface area contributed by atoms with Crippen LogP contribution in [-0.4, -0.2) is 18.1 Å². The fraction of sp³-hybridized carbons (Fsp3) is 0.588. The van der Waals surface area contributed by atoms with Gasteiger partial charge in [-0.15, -0.1) is 0 Å². The molecule has 4 heteroatoms. The van der Waals surface area contributed by atoms with Crippen LogP contribution < -0.4 is 10.1 Å². The molecule has 2 N–H and O–H groups in total. The number of ether oxygens (including phenoxy) is 1. The van der Waals surface area contributed by atoms with Gasteiger partial charge in [0, 0.05) is 12.5 Å². The standard InChI is InChI=1S/C17H27NO3/c1-4-5-6-7-8-13(2)17(20)18-12-14-9-10-15(19)16(11-14)21-3/h9-11,13,19H,4-8,12H2,1-3H3,(H,18,20). The third-order valence-electron chi connectivity index (χ3n) is 3.65. The number of hydrogen-bond acceptors (Lipinski definition) is 3. The van der Waals surface area contributed by atoms with Crippen LogP contribution in [0.5, 0.6) is 11.5 Å². The van der Waals surface area contributed by atoms with Gasteiger partial charge in [-0.2, -0.15) is 0 Å². The SMILES string of the molecule is CCCCCCC(C)C(=O)NCc1ccc(O)c(OC)c1. The Balaban J connectivity index is 2.38. The molecule has 0 spiro atoms. The lowest BCUT2D eigenvalue weighted by Crippen LogP contribution is -2.28. The molecule has 118 valence electrons. The Bertz CT molecular complexity index is 446. The highest BCUT2D eigenvalue weighted by Gasteiger charge is 2.12. The van der Waals surface area contributed by atoms with Crippen molar-refractivity contribution in [3.8, 4) is 11.5 Å². The van der Waals surface area contributed by atoms with Gasteiger partial charge < -0.3 is 15.2 Å². The summed E-state index contributed by atoms with van der Waals surface area (Å²) in [5, 5.41) is 12.5. The second-order valence-electron chi connectivity index (χ2n) is 5.47. The minimum atomic E-state index is 0.0425. The summed E-state index contributed by atoms with van der Waals surface area (Å²) in [5.41, 5.74) is 0.913. The molecule has 0 aliphatic carbocycles. The number of nitrogens with one attached hydrogen (secondary N) is 1. The summed E-state index contributed by atoms with van der Waals surface area (Å²) in [6, 6.07) is 5.10. The molecule has 0 fully saturated rings. The number of phenols is 1. The molecule has 1 unspecified atom stereocenters. The number of unbranched alkanes of at least 4 members (excludes halogenated alkanes) is 3. The zero-order chi connectivity index (χ0) is 15.7. The van der Waals surface area contributed by atoms with Gasteiger partial charge in [0.1, 0.15) is 0 Å². The van der Waals surface area contributed by atoms with E-state index in [-0.39, 0.29) is 17.6 Å². The lowest BCUT2D eigenvalue weighted by atomic mass is 10.0. The smallest absolute Gasteiger partial charge is 0.223 e. The molecule has 0 aromatic heterocycles. The van der Waals surface area contributed by atoms with Crippen LogP contribution in [0.2, 0.25) is 0 Å². The maximum absolute atomic E-state index is 12.0. The average Bonchev–Trinajstić information content (AvgIpc) is 2.50. The number of hydrogen-bond donors (Lipinski definition) is 2. The van der Waals surface area contributed by atoms with Crippen molar-refractivity contribution in [2.24, 2.45) is 5.92 Å². The Hall–Kier alpha value is -1.71. The van der Waals surface area contributed by atoms with Crippen molar-refractivity contribution in [2.45, 2.75) is 52.5 Å². The van der Waals surface area contributed by atoms with Crippen LogP contribution in [0.1, 0.15) is 51.5 Å². The Labute approximate surface area is 127 Å². The summed E-state index contributed by atoms with van der Waals surface area (Å²) in [6.45, 7) is 4.61. The molecule has 1 aromatic rings. The van der Waals surface area contributed by atoms with Gasteiger partial charge in [0.15, 0.2) is 11.5 Å². The maximum Gasteiger partial charge on any atom is 0.223 e.